The standard InChI is InChI=1S/C18H24N4O2/c23-13-19-17-10-14-12-22(15-4-2-1-3-5-15)20-16(14)11-18(17)21-6-8-24-9-7-21/h10-13,15H,1-9H2,(H,19,23). The predicted octanol–water partition coefficient (Wildman–Crippen LogP) is 2.95. The van der Waals surface area contributed by atoms with Crippen LogP contribution < -0.4 is 10.2 Å². The fourth-order valence-corrected chi connectivity index (χ4v) is 3.86. The summed E-state index contributed by atoms with van der Waals surface area (Å²) in [5, 5.41) is 8.78. The van der Waals surface area contributed by atoms with Gasteiger partial charge >= 0.3 is 0 Å². The summed E-state index contributed by atoms with van der Waals surface area (Å²) in [4.78, 5) is 13.3. The monoisotopic (exact) mass is 328 g/mol. The number of ether oxygens (including phenoxy) is 1. The molecule has 1 N–H and O–H groups in total. The summed E-state index contributed by atoms with van der Waals surface area (Å²) < 4.78 is 7.58. The quantitative estimate of drug-likeness (QED) is 0.877. The van der Waals surface area contributed by atoms with Crippen molar-refractivity contribution in [2.75, 3.05) is 36.5 Å². The normalized spacial score (nSPS) is 19.6. The number of carbonyl (C=O) groups is 1. The number of fused-ring (bicyclic) bond motifs is 1. The number of nitrogens with zero attached hydrogens (tertiary/aromatic N) is 3. The summed E-state index contributed by atoms with van der Waals surface area (Å²) in [5.41, 5.74) is 2.88. The number of nitrogens with one attached hydrogen (secondary N) is 1. The van der Waals surface area contributed by atoms with Crippen LogP contribution in [0.3, 0.4) is 0 Å². The maximum Gasteiger partial charge on any atom is 0.211 e. The molecule has 0 radical (unpaired) electrons. The van der Waals surface area contributed by atoms with Crippen molar-refractivity contribution in [1.82, 2.24) is 9.78 Å². The number of aromatic nitrogens is 2. The van der Waals surface area contributed by atoms with Crippen molar-refractivity contribution in [3.63, 3.8) is 0 Å². The molecular weight excluding hydrogens is 304 g/mol. The molecule has 2 aromatic rings. The minimum absolute atomic E-state index is 0.514. The number of anilines is 2. The predicted molar refractivity (Wildman–Crippen MR) is 94.6 cm³/mol. The molecule has 2 aliphatic rings. The Morgan fingerprint density at radius 1 is 1.17 bits per heavy atom. The molecule has 128 valence electrons. The first-order valence-corrected chi connectivity index (χ1v) is 8.91. The van der Waals surface area contributed by atoms with Gasteiger partial charge in [-0.1, -0.05) is 19.3 Å². The smallest absolute Gasteiger partial charge is 0.211 e. The average Bonchev–Trinajstić information content (AvgIpc) is 3.06. The number of amides is 1. The van der Waals surface area contributed by atoms with Gasteiger partial charge in [0.1, 0.15) is 0 Å². The number of benzene rings is 1. The van der Waals surface area contributed by atoms with Gasteiger partial charge in [-0.3, -0.25) is 9.48 Å². The molecule has 1 aromatic heterocycles. The molecule has 0 spiro atoms. The second-order valence-corrected chi connectivity index (χ2v) is 6.69. The van der Waals surface area contributed by atoms with Crippen LogP contribution in [0.2, 0.25) is 0 Å². The zero-order valence-corrected chi connectivity index (χ0v) is 13.9. The number of hydrogen-bond donors (Lipinski definition) is 1. The van der Waals surface area contributed by atoms with Gasteiger partial charge in [0.15, 0.2) is 0 Å². The van der Waals surface area contributed by atoms with Gasteiger partial charge in [-0.25, -0.2) is 0 Å². The molecule has 6 nitrogen and oxygen atoms in total. The van der Waals surface area contributed by atoms with E-state index >= 15 is 0 Å². The van der Waals surface area contributed by atoms with Crippen molar-refractivity contribution in [1.29, 1.82) is 0 Å². The molecule has 1 saturated carbocycles. The highest BCUT2D eigenvalue weighted by molar-refractivity contribution is 5.93. The van der Waals surface area contributed by atoms with Crippen molar-refractivity contribution in [3.05, 3.63) is 18.3 Å². The summed E-state index contributed by atoms with van der Waals surface area (Å²) >= 11 is 0. The molecule has 0 atom stereocenters. The Labute approximate surface area is 141 Å². The van der Waals surface area contributed by atoms with Crippen LogP contribution in [0.15, 0.2) is 18.3 Å². The Bertz CT molecular complexity index is 715. The Morgan fingerprint density at radius 3 is 2.71 bits per heavy atom. The molecule has 1 saturated heterocycles. The maximum absolute atomic E-state index is 11.0. The fourth-order valence-electron chi connectivity index (χ4n) is 3.86. The zero-order valence-electron chi connectivity index (χ0n) is 13.9. The third-order valence-corrected chi connectivity index (χ3v) is 5.15. The first-order valence-electron chi connectivity index (χ1n) is 8.91. The third kappa shape index (κ3) is 2.98. The molecule has 6 heteroatoms. The highest BCUT2D eigenvalue weighted by Crippen LogP contribution is 2.34. The molecule has 0 bridgehead atoms. The summed E-state index contributed by atoms with van der Waals surface area (Å²) in [6.07, 6.45) is 9.22. The Balaban J connectivity index is 1.71. The fraction of sp³-hybridized carbons (Fsp3) is 0.556. The summed E-state index contributed by atoms with van der Waals surface area (Å²) in [6, 6.07) is 4.66. The van der Waals surface area contributed by atoms with Crippen LogP contribution in [-0.4, -0.2) is 42.5 Å². The average molecular weight is 328 g/mol. The molecule has 1 amide bonds. The number of carbonyl (C=O) groups excluding carboxylic acids is 1. The molecule has 1 aliphatic carbocycles. The van der Waals surface area contributed by atoms with Gasteiger partial charge in [0, 0.05) is 24.7 Å². The van der Waals surface area contributed by atoms with Crippen LogP contribution in [0.25, 0.3) is 10.9 Å². The van der Waals surface area contributed by atoms with E-state index in [2.05, 4.69) is 27.2 Å². The van der Waals surface area contributed by atoms with Crippen molar-refractivity contribution < 1.29 is 9.53 Å². The Morgan fingerprint density at radius 2 is 1.96 bits per heavy atom. The van der Waals surface area contributed by atoms with Crippen molar-refractivity contribution in [3.8, 4) is 0 Å². The Hall–Kier alpha value is -2.08. The van der Waals surface area contributed by atoms with Gasteiger partial charge in [-0.05, 0) is 25.0 Å². The molecule has 24 heavy (non-hydrogen) atoms. The summed E-state index contributed by atoms with van der Waals surface area (Å²) in [6.45, 7) is 3.11. The van der Waals surface area contributed by atoms with Crippen LogP contribution >= 0.6 is 0 Å². The van der Waals surface area contributed by atoms with Crippen LogP contribution in [0.5, 0.6) is 0 Å². The Kier molecular flexibility index (Phi) is 4.38. The van der Waals surface area contributed by atoms with E-state index in [1.807, 2.05) is 6.07 Å². The molecule has 4 rings (SSSR count). The summed E-state index contributed by atoms with van der Waals surface area (Å²) in [5.74, 6) is 0. The van der Waals surface area contributed by atoms with E-state index in [0.29, 0.717) is 6.04 Å². The second-order valence-electron chi connectivity index (χ2n) is 6.69. The highest BCUT2D eigenvalue weighted by Gasteiger charge is 2.19. The van der Waals surface area contributed by atoms with E-state index in [0.717, 1.165) is 55.0 Å². The maximum atomic E-state index is 11.0. The minimum atomic E-state index is 0.514. The molecule has 0 unspecified atom stereocenters. The van der Waals surface area contributed by atoms with E-state index in [-0.39, 0.29) is 0 Å². The zero-order chi connectivity index (χ0) is 16.4. The van der Waals surface area contributed by atoms with E-state index in [1.165, 1.54) is 32.1 Å². The van der Waals surface area contributed by atoms with Gasteiger partial charge in [-0.2, -0.15) is 5.10 Å². The van der Waals surface area contributed by atoms with Gasteiger partial charge in [0.25, 0.3) is 0 Å². The van der Waals surface area contributed by atoms with Crippen LogP contribution in [0.1, 0.15) is 38.1 Å². The lowest BCUT2D eigenvalue weighted by Gasteiger charge is -2.30. The molecule has 1 aliphatic heterocycles. The van der Waals surface area contributed by atoms with Gasteiger partial charge in [-0.15, -0.1) is 0 Å². The largest absolute Gasteiger partial charge is 0.378 e. The number of hydrogen-bond acceptors (Lipinski definition) is 4. The topological polar surface area (TPSA) is 59.4 Å². The first-order chi connectivity index (χ1) is 11.8. The SMILES string of the molecule is O=CNc1cc2cn(C3CCCCC3)nc2cc1N1CCOCC1. The lowest BCUT2D eigenvalue weighted by Crippen LogP contribution is -2.36. The van der Waals surface area contributed by atoms with Crippen molar-refractivity contribution in [2.45, 2.75) is 38.1 Å². The van der Waals surface area contributed by atoms with E-state index in [9.17, 15) is 4.79 Å². The van der Waals surface area contributed by atoms with E-state index in [4.69, 9.17) is 9.84 Å². The van der Waals surface area contributed by atoms with Gasteiger partial charge in [0.05, 0.1) is 36.1 Å². The van der Waals surface area contributed by atoms with Gasteiger partial charge in [0.2, 0.25) is 6.41 Å². The number of rotatable bonds is 4. The molecule has 2 heterocycles. The van der Waals surface area contributed by atoms with Crippen LogP contribution in [-0.2, 0) is 9.53 Å². The second kappa shape index (κ2) is 6.81. The van der Waals surface area contributed by atoms with E-state index in [1.54, 1.807) is 0 Å². The van der Waals surface area contributed by atoms with Gasteiger partial charge < -0.3 is 15.0 Å². The highest BCUT2D eigenvalue weighted by atomic mass is 16.5. The van der Waals surface area contributed by atoms with Crippen LogP contribution in [0, 0.1) is 0 Å². The van der Waals surface area contributed by atoms with Crippen molar-refractivity contribution >= 4 is 28.7 Å². The molecular formula is C18H24N4O2. The van der Waals surface area contributed by atoms with E-state index < -0.39 is 0 Å². The number of morpholine rings is 1. The molecule has 2 fully saturated rings. The van der Waals surface area contributed by atoms with Crippen LogP contribution in [0.4, 0.5) is 11.4 Å². The lowest BCUT2D eigenvalue weighted by atomic mass is 9.96. The van der Waals surface area contributed by atoms with Crippen molar-refractivity contribution in [2.24, 2.45) is 0 Å². The lowest BCUT2D eigenvalue weighted by molar-refractivity contribution is -0.105. The minimum Gasteiger partial charge on any atom is -0.378 e. The first kappa shape index (κ1) is 15.4. The molecule has 1 aromatic carbocycles. The summed E-state index contributed by atoms with van der Waals surface area (Å²) in [7, 11) is 0. The third-order valence-electron chi connectivity index (χ3n) is 5.15.